The lowest BCUT2D eigenvalue weighted by molar-refractivity contribution is -0.143. The number of carbonyl (C=O) groups excluding carboxylic acids is 3. The van der Waals surface area contributed by atoms with Gasteiger partial charge in [0, 0.05) is 0 Å². The summed E-state index contributed by atoms with van der Waals surface area (Å²) in [5, 5.41) is 26.0. The fourth-order valence-electron chi connectivity index (χ4n) is 2.12. The number of aliphatic hydroxyl groups excluding tert-OH is 1. The molecule has 0 saturated carbocycles. The van der Waals surface area contributed by atoms with Crippen LogP contribution >= 0.6 is 0 Å². The molecule has 10 nitrogen and oxygen atoms in total. The molecule has 7 N–H and O–H groups in total. The molecule has 5 unspecified atom stereocenters. The molecule has 0 heterocycles. The van der Waals surface area contributed by atoms with Gasteiger partial charge in [-0.05, 0) is 25.7 Å². The SMILES string of the molecule is CC(NC(=O)C(NC(=O)C(N)C(C)C)C(C)O)C(=O)NC(C(=O)O)C(C)C. The zero-order valence-corrected chi connectivity index (χ0v) is 16.6. The number of nitrogens with one attached hydrogen (secondary N) is 3. The maximum Gasteiger partial charge on any atom is 0.326 e. The van der Waals surface area contributed by atoms with Crippen LogP contribution in [0.25, 0.3) is 0 Å². The Hall–Kier alpha value is -2.20. The highest BCUT2D eigenvalue weighted by atomic mass is 16.4. The molecule has 0 aromatic heterocycles. The van der Waals surface area contributed by atoms with E-state index in [0.717, 1.165) is 0 Å². The summed E-state index contributed by atoms with van der Waals surface area (Å²) in [6.07, 6.45) is -1.23. The molecule has 156 valence electrons. The minimum atomic E-state index is -1.31. The van der Waals surface area contributed by atoms with Crippen LogP contribution in [0, 0.1) is 11.8 Å². The number of carboxylic acid groups (broad SMARTS) is 1. The van der Waals surface area contributed by atoms with Crippen molar-refractivity contribution in [2.45, 2.75) is 71.8 Å². The number of rotatable bonds is 10. The van der Waals surface area contributed by atoms with Crippen molar-refractivity contribution in [3.63, 3.8) is 0 Å². The third kappa shape index (κ3) is 7.92. The maximum absolute atomic E-state index is 12.4. The molecular formula is C17H32N4O6. The van der Waals surface area contributed by atoms with Crippen LogP contribution in [0.1, 0.15) is 41.5 Å². The summed E-state index contributed by atoms with van der Waals surface area (Å²) in [4.78, 5) is 47.7. The maximum atomic E-state index is 12.4. The first-order valence-corrected chi connectivity index (χ1v) is 8.87. The quantitative estimate of drug-likeness (QED) is 0.266. The molecule has 0 aromatic carbocycles. The highest BCUT2D eigenvalue weighted by Crippen LogP contribution is 2.04. The first kappa shape index (κ1) is 24.8. The predicted octanol–water partition coefficient (Wildman–Crippen LogP) is -1.43. The third-order valence-electron chi connectivity index (χ3n) is 4.07. The Balaban J connectivity index is 5.00. The van der Waals surface area contributed by atoms with Gasteiger partial charge in [0.1, 0.15) is 18.1 Å². The van der Waals surface area contributed by atoms with Crippen LogP contribution in [0.4, 0.5) is 0 Å². The molecule has 0 radical (unpaired) electrons. The Kier molecular flexibility index (Phi) is 9.95. The molecule has 0 aliphatic rings. The van der Waals surface area contributed by atoms with Crippen LogP contribution in [0.3, 0.4) is 0 Å². The number of carbonyl (C=O) groups is 4. The largest absolute Gasteiger partial charge is 0.480 e. The van der Waals surface area contributed by atoms with Crippen LogP contribution in [0.5, 0.6) is 0 Å². The highest BCUT2D eigenvalue weighted by Gasteiger charge is 2.31. The minimum Gasteiger partial charge on any atom is -0.480 e. The van der Waals surface area contributed by atoms with E-state index in [9.17, 15) is 24.3 Å². The van der Waals surface area contributed by atoms with Crippen molar-refractivity contribution in [2.75, 3.05) is 0 Å². The van der Waals surface area contributed by atoms with Gasteiger partial charge in [-0.1, -0.05) is 27.7 Å². The molecule has 0 bridgehead atoms. The van der Waals surface area contributed by atoms with E-state index in [1.807, 2.05) is 0 Å². The van der Waals surface area contributed by atoms with Gasteiger partial charge in [-0.25, -0.2) is 4.79 Å². The molecule has 0 aliphatic carbocycles. The lowest BCUT2D eigenvalue weighted by Gasteiger charge is -2.26. The Bertz CT molecular complexity index is 550. The molecule has 0 aromatic rings. The number of aliphatic carboxylic acids is 1. The van der Waals surface area contributed by atoms with Gasteiger partial charge in [-0.15, -0.1) is 0 Å². The van der Waals surface area contributed by atoms with E-state index in [-0.39, 0.29) is 11.8 Å². The molecule has 0 spiro atoms. The molecule has 3 amide bonds. The van der Waals surface area contributed by atoms with Crippen molar-refractivity contribution in [1.82, 2.24) is 16.0 Å². The van der Waals surface area contributed by atoms with E-state index in [1.165, 1.54) is 13.8 Å². The summed E-state index contributed by atoms with van der Waals surface area (Å²) in [7, 11) is 0. The Morgan fingerprint density at radius 1 is 0.741 bits per heavy atom. The zero-order chi connectivity index (χ0) is 21.5. The van der Waals surface area contributed by atoms with Gasteiger partial charge >= 0.3 is 5.97 Å². The molecule has 0 aliphatic heterocycles. The van der Waals surface area contributed by atoms with Crippen LogP contribution in [-0.4, -0.2) is 64.2 Å². The van der Waals surface area contributed by atoms with Crippen LogP contribution in [0.15, 0.2) is 0 Å². The Labute approximate surface area is 159 Å². The van der Waals surface area contributed by atoms with E-state index in [4.69, 9.17) is 10.8 Å². The van der Waals surface area contributed by atoms with Crippen LogP contribution in [-0.2, 0) is 19.2 Å². The topological polar surface area (TPSA) is 171 Å². The molecule has 10 heteroatoms. The molecular weight excluding hydrogens is 356 g/mol. The summed E-state index contributed by atoms with van der Waals surface area (Å²) in [5.41, 5.74) is 5.72. The van der Waals surface area contributed by atoms with Gasteiger partial charge in [0.2, 0.25) is 17.7 Å². The number of nitrogens with two attached hydrogens (primary N) is 1. The number of hydrogen-bond acceptors (Lipinski definition) is 6. The second-order valence-electron chi connectivity index (χ2n) is 7.30. The first-order valence-electron chi connectivity index (χ1n) is 8.87. The molecule has 0 rings (SSSR count). The van der Waals surface area contributed by atoms with Crippen molar-refractivity contribution >= 4 is 23.7 Å². The van der Waals surface area contributed by atoms with E-state index < -0.39 is 54.0 Å². The van der Waals surface area contributed by atoms with E-state index in [1.54, 1.807) is 27.7 Å². The summed E-state index contributed by atoms with van der Waals surface area (Å²) >= 11 is 0. The van der Waals surface area contributed by atoms with Gasteiger partial charge in [0.25, 0.3) is 0 Å². The second kappa shape index (κ2) is 10.8. The van der Waals surface area contributed by atoms with Crippen molar-refractivity contribution in [3.05, 3.63) is 0 Å². The van der Waals surface area contributed by atoms with Crippen molar-refractivity contribution in [2.24, 2.45) is 17.6 Å². The smallest absolute Gasteiger partial charge is 0.326 e. The van der Waals surface area contributed by atoms with Crippen LogP contribution < -0.4 is 21.7 Å². The number of carboxylic acids is 1. The first-order chi connectivity index (χ1) is 12.3. The van der Waals surface area contributed by atoms with Gasteiger partial charge in [-0.3, -0.25) is 14.4 Å². The fraction of sp³-hybridized carbons (Fsp3) is 0.765. The van der Waals surface area contributed by atoms with E-state index in [2.05, 4.69) is 16.0 Å². The normalized spacial score (nSPS) is 16.8. The average Bonchev–Trinajstić information content (AvgIpc) is 2.54. The Morgan fingerprint density at radius 2 is 1.22 bits per heavy atom. The van der Waals surface area contributed by atoms with Crippen molar-refractivity contribution in [1.29, 1.82) is 0 Å². The lowest BCUT2D eigenvalue weighted by Crippen LogP contribution is -2.59. The molecule has 0 fully saturated rings. The van der Waals surface area contributed by atoms with Gasteiger partial charge in [0.05, 0.1) is 12.1 Å². The molecule has 5 atom stereocenters. The van der Waals surface area contributed by atoms with Gasteiger partial charge < -0.3 is 31.9 Å². The van der Waals surface area contributed by atoms with Crippen molar-refractivity contribution in [3.8, 4) is 0 Å². The number of amides is 3. The van der Waals surface area contributed by atoms with Gasteiger partial charge in [0.15, 0.2) is 0 Å². The van der Waals surface area contributed by atoms with Crippen molar-refractivity contribution < 1.29 is 29.4 Å². The highest BCUT2D eigenvalue weighted by molar-refractivity contribution is 5.94. The fourth-order valence-corrected chi connectivity index (χ4v) is 2.12. The predicted molar refractivity (Wildman–Crippen MR) is 98.4 cm³/mol. The second-order valence-corrected chi connectivity index (χ2v) is 7.30. The molecule has 0 saturated heterocycles. The van der Waals surface area contributed by atoms with Gasteiger partial charge in [-0.2, -0.15) is 0 Å². The average molecular weight is 388 g/mol. The van der Waals surface area contributed by atoms with Crippen LogP contribution in [0.2, 0.25) is 0 Å². The summed E-state index contributed by atoms with van der Waals surface area (Å²) < 4.78 is 0. The standard InChI is InChI=1S/C17H32N4O6/c1-7(2)11(18)15(24)21-13(10(6)22)16(25)19-9(5)14(23)20-12(8(3)4)17(26)27/h7-13,22H,18H2,1-6H3,(H,19,25)(H,20,23)(H,21,24)(H,26,27). The number of hydrogen-bond donors (Lipinski definition) is 6. The van der Waals surface area contributed by atoms with E-state index in [0.29, 0.717) is 0 Å². The number of aliphatic hydroxyl groups is 1. The summed E-state index contributed by atoms with van der Waals surface area (Å²) in [6, 6.07) is -4.34. The monoisotopic (exact) mass is 388 g/mol. The summed E-state index contributed by atoms with van der Waals surface area (Å²) in [5.74, 6) is -3.79. The zero-order valence-electron chi connectivity index (χ0n) is 16.6. The molecule has 27 heavy (non-hydrogen) atoms. The third-order valence-corrected chi connectivity index (χ3v) is 4.07. The summed E-state index contributed by atoms with van der Waals surface area (Å²) in [6.45, 7) is 9.44. The minimum absolute atomic E-state index is 0.170. The van der Waals surface area contributed by atoms with E-state index >= 15 is 0 Å². The lowest BCUT2D eigenvalue weighted by atomic mass is 10.0. The Morgan fingerprint density at radius 3 is 1.59 bits per heavy atom.